The minimum Gasteiger partial charge on any atom is -0.478 e. The quantitative estimate of drug-likeness (QED) is 0.857. The predicted molar refractivity (Wildman–Crippen MR) is 66.1 cm³/mol. The number of rotatable bonds is 2. The number of carbonyl (C=O) groups is 1. The molecule has 0 radical (unpaired) electrons. The number of nitrogens with zero attached hydrogens (tertiary/aromatic N) is 1. The van der Waals surface area contributed by atoms with Crippen LogP contribution in [0.1, 0.15) is 21.7 Å². The zero-order valence-corrected chi connectivity index (χ0v) is 9.77. The molecule has 0 spiro atoms. The van der Waals surface area contributed by atoms with Gasteiger partial charge in [-0.2, -0.15) is 0 Å². The van der Waals surface area contributed by atoms with Crippen LogP contribution in [0.2, 0.25) is 0 Å². The van der Waals surface area contributed by atoms with Crippen LogP contribution in [-0.2, 0) is 0 Å². The summed E-state index contributed by atoms with van der Waals surface area (Å²) in [6.45, 7) is 3.86. The molecule has 3 heteroatoms. The lowest BCUT2D eigenvalue weighted by molar-refractivity contribution is 0.0697. The predicted octanol–water partition coefficient (Wildman–Crippen LogP) is 3.06. The molecule has 0 bridgehead atoms. The normalized spacial score (nSPS) is 10.2. The summed E-state index contributed by atoms with van der Waals surface area (Å²) in [4.78, 5) is 15.3. The van der Waals surface area contributed by atoms with Crippen LogP contribution in [0.15, 0.2) is 36.4 Å². The summed E-state index contributed by atoms with van der Waals surface area (Å²) < 4.78 is 0. The summed E-state index contributed by atoms with van der Waals surface area (Å²) in [5, 5.41) is 8.95. The van der Waals surface area contributed by atoms with Crippen LogP contribution < -0.4 is 0 Å². The lowest BCUT2D eigenvalue weighted by Gasteiger charge is -2.07. The van der Waals surface area contributed by atoms with E-state index in [9.17, 15) is 4.79 Å². The van der Waals surface area contributed by atoms with E-state index in [0.717, 1.165) is 22.5 Å². The van der Waals surface area contributed by atoms with Crippen molar-refractivity contribution in [2.24, 2.45) is 0 Å². The van der Waals surface area contributed by atoms with Gasteiger partial charge < -0.3 is 5.11 Å². The smallest absolute Gasteiger partial charge is 0.335 e. The summed E-state index contributed by atoms with van der Waals surface area (Å²) in [6.07, 6.45) is 0. The highest BCUT2D eigenvalue weighted by atomic mass is 16.4. The molecule has 0 saturated heterocycles. The first-order chi connectivity index (χ1) is 8.08. The number of carboxylic acids is 1. The molecule has 0 aliphatic heterocycles. The fraction of sp³-hybridized carbons (Fsp3) is 0.143. The lowest BCUT2D eigenvalue weighted by Crippen LogP contribution is -1.97. The second-order valence-electron chi connectivity index (χ2n) is 3.97. The van der Waals surface area contributed by atoms with Gasteiger partial charge in [0.25, 0.3) is 0 Å². The van der Waals surface area contributed by atoms with E-state index in [-0.39, 0.29) is 0 Å². The monoisotopic (exact) mass is 227 g/mol. The number of aromatic carboxylic acids is 1. The minimum atomic E-state index is -0.912. The molecule has 0 fully saturated rings. The van der Waals surface area contributed by atoms with Gasteiger partial charge in [-0.05, 0) is 37.6 Å². The Balaban J connectivity index is 2.53. The van der Waals surface area contributed by atoms with E-state index in [1.54, 1.807) is 18.2 Å². The van der Waals surface area contributed by atoms with Crippen LogP contribution in [-0.4, -0.2) is 16.1 Å². The third-order valence-corrected chi connectivity index (χ3v) is 2.65. The average Bonchev–Trinajstić information content (AvgIpc) is 2.29. The summed E-state index contributed by atoms with van der Waals surface area (Å²) in [6, 6.07) is 10.8. The van der Waals surface area contributed by atoms with E-state index in [0.29, 0.717) is 5.56 Å². The van der Waals surface area contributed by atoms with Gasteiger partial charge in [0, 0.05) is 17.0 Å². The van der Waals surface area contributed by atoms with Crippen LogP contribution in [0.3, 0.4) is 0 Å². The van der Waals surface area contributed by atoms with E-state index in [1.807, 2.05) is 32.0 Å². The molecule has 0 unspecified atom stereocenters. The molecular weight excluding hydrogens is 214 g/mol. The van der Waals surface area contributed by atoms with Gasteiger partial charge in [0.15, 0.2) is 0 Å². The minimum absolute atomic E-state index is 0.294. The first kappa shape index (κ1) is 11.3. The number of benzene rings is 1. The zero-order valence-electron chi connectivity index (χ0n) is 9.77. The summed E-state index contributed by atoms with van der Waals surface area (Å²) in [7, 11) is 0. The van der Waals surface area contributed by atoms with Crippen molar-refractivity contribution in [2.75, 3.05) is 0 Å². The Kier molecular flexibility index (Phi) is 2.91. The number of aryl methyl sites for hydroxylation is 2. The topological polar surface area (TPSA) is 50.2 Å². The molecule has 3 nitrogen and oxygen atoms in total. The molecular formula is C14H13NO2. The Bertz CT molecular complexity index is 576. The third kappa shape index (κ3) is 2.33. The first-order valence-electron chi connectivity index (χ1n) is 5.36. The Morgan fingerprint density at radius 3 is 2.59 bits per heavy atom. The second kappa shape index (κ2) is 4.37. The maximum absolute atomic E-state index is 10.9. The number of hydrogen-bond donors (Lipinski definition) is 1. The number of hydrogen-bond acceptors (Lipinski definition) is 2. The van der Waals surface area contributed by atoms with Crippen LogP contribution in [0.25, 0.3) is 11.1 Å². The summed E-state index contributed by atoms with van der Waals surface area (Å²) in [5.74, 6) is -0.912. The number of pyridine rings is 1. The molecule has 1 heterocycles. The maximum atomic E-state index is 10.9. The Morgan fingerprint density at radius 2 is 1.94 bits per heavy atom. The van der Waals surface area contributed by atoms with E-state index in [1.165, 1.54) is 0 Å². The molecule has 86 valence electrons. The molecule has 17 heavy (non-hydrogen) atoms. The Labute approximate surface area is 99.8 Å². The van der Waals surface area contributed by atoms with Gasteiger partial charge in [0.2, 0.25) is 0 Å². The molecule has 0 amide bonds. The van der Waals surface area contributed by atoms with E-state index in [4.69, 9.17) is 5.11 Å². The van der Waals surface area contributed by atoms with Crippen LogP contribution in [0.4, 0.5) is 0 Å². The SMILES string of the molecule is Cc1ccc(-c2cccc(C(=O)O)c2)c(C)n1. The van der Waals surface area contributed by atoms with Crippen molar-refractivity contribution < 1.29 is 9.90 Å². The highest BCUT2D eigenvalue weighted by molar-refractivity contribution is 5.89. The van der Waals surface area contributed by atoms with Crippen LogP contribution >= 0.6 is 0 Å². The molecule has 2 aromatic rings. The summed E-state index contributed by atoms with van der Waals surface area (Å²) in [5.41, 5.74) is 4.02. The Hall–Kier alpha value is -2.16. The average molecular weight is 227 g/mol. The van der Waals surface area contributed by atoms with Crippen LogP contribution in [0.5, 0.6) is 0 Å². The molecule has 0 aliphatic rings. The van der Waals surface area contributed by atoms with E-state index < -0.39 is 5.97 Å². The van der Waals surface area contributed by atoms with Gasteiger partial charge in [-0.25, -0.2) is 4.79 Å². The van der Waals surface area contributed by atoms with Gasteiger partial charge in [0.05, 0.1) is 5.56 Å². The largest absolute Gasteiger partial charge is 0.478 e. The van der Waals surface area contributed by atoms with Crippen molar-refractivity contribution >= 4 is 5.97 Å². The molecule has 1 aromatic heterocycles. The standard InChI is InChI=1S/C14H13NO2/c1-9-6-7-13(10(2)15-9)11-4-3-5-12(8-11)14(16)17/h3-8H,1-2H3,(H,16,17). The van der Waals surface area contributed by atoms with Gasteiger partial charge in [-0.1, -0.05) is 18.2 Å². The lowest BCUT2D eigenvalue weighted by atomic mass is 10.0. The van der Waals surface area contributed by atoms with E-state index >= 15 is 0 Å². The fourth-order valence-electron chi connectivity index (χ4n) is 1.81. The molecule has 1 N–H and O–H groups in total. The van der Waals surface area contributed by atoms with Crippen LogP contribution in [0, 0.1) is 13.8 Å². The van der Waals surface area contributed by atoms with E-state index in [2.05, 4.69) is 4.98 Å². The summed E-state index contributed by atoms with van der Waals surface area (Å²) >= 11 is 0. The van der Waals surface area contributed by atoms with Gasteiger partial charge in [-0.15, -0.1) is 0 Å². The maximum Gasteiger partial charge on any atom is 0.335 e. The molecule has 0 aliphatic carbocycles. The molecule has 1 aromatic carbocycles. The number of carboxylic acid groups (broad SMARTS) is 1. The van der Waals surface area contributed by atoms with Crippen molar-refractivity contribution in [1.29, 1.82) is 0 Å². The highest BCUT2D eigenvalue weighted by Gasteiger charge is 2.07. The van der Waals surface area contributed by atoms with Crippen molar-refractivity contribution in [2.45, 2.75) is 13.8 Å². The fourth-order valence-corrected chi connectivity index (χ4v) is 1.81. The molecule has 0 saturated carbocycles. The van der Waals surface area contributed by atoms with Crippen molar-refractivity contribution in [3.8, 4) is 11.1 Å². The highest BCUT2D eigenvalue weighted by Crippen LogP contribution is 2.23. The number of aromatic nitrogens is 1. The van der Waals surface area contributed by atoms with Gasteiger partial charge in [0.1, 0.15) is 0 Å². The van der Waals surface area contributed by atoms with Crippen molar-refractivity contribution in [3.05, 3.63) is 53.3 Å². The first-order valence-corrected chi connectivity index (χ1v) is 5.36. The zero-order chi connectivity index (χ0) is 12.4. The van der Waals surface area contributed by atoms with Crippen molar-refractivity contribution in [1.82, 2.24) is 4.98 Å². The van der Waals surface area contributed by atoms with Gasteiger partial charge >= 0.3 is 5.97 Å². The second-order valence-corrected chi connectivity index (χ2v) is 3.97. The third-order valence-electron chi connectivity index (χ3n) is 2.65. The van der Waals surface area contributed by atoms with Crippen molar-refractivity contribution in [3.63, 3.8) is 0 Å². The molecule has 2 rings (SSSR count). The Morgan fingerprint density at radius 1 is 1.18 bits per heavy atom. The van der Waals surface area contributed by atoms with Gasteiger partial charge in [-0.3, -0.25) is 4.98 Å². The molecule has 0 atom stereocenters.